The summed E-state index contributed by atoms with van der Waals surface area (Å²) in [5.74, 6) is 0. The van der Waals surface area contributed by atoms with Crippen molar-refractivity contribution in [3.8, 4) is 0 Å². The summed E-state index contributed by atoms with van der Waals surface area (Å²) >= 11 is 3.38. The molecule has 1 rings (SSSR count). The quantitative estimate of drug-likeness (QED) is 0.728. The predicted molar refractivity (Wildman–Crippen MR) is 51.2 cm³/mol. The molecule has 0 radical (unpaired) electrons. The van der Waals surface area contributed by atoms with Crippen molar-refractivity contribution in [3.05, 3.63) is 28.2 Å². The first-order valence-corrected chi connectivity index (χ1v) is 5.56. The highest BCUT2D eigenvalue weighted by molar-refractivity contribution is 9.10. The normalized spacial score (nSPS) is 13.0. The summed E-state index contributed by atoms with van der Waals surface area (Å²) in [7, 11) is -0.868. The molecule has 3 heteroatoms. The minimum absolute atomic E-state index is 0.868. The lowest BCUT2D eigenvalue weighted by Crippen LogP contribution is -1.87. The topological polar surface area (TPSA) is 17.1 Å². The molecule has 60 valence electrons. The van der Waals surface area contributed by atoms with Crippen molar-refractivity contribution in [3.63, 3.8) is 0 Å². The van der Waals surface area contributed by atoms with Crippen LogP contribution in [0.3, 0.4) is 0 Å². The lowest BCUT2D eigenvalue weighted by atomic mass is 10.2. The van der Waals surface area contributed by atoms with Gasteiger partial charge in [-0.05, 0) is 30.7 Å². The number of hydrogen-bond acceptors (Lipinski definition) is 1. The van der Waals surface area contributed by atoms with Crippen LogP contribution in [0.15, 0.2) is 27.6 Å². The standard InChI is InChI=1S/C8H9BrOS/c1-6-5-7(11(2)10)3-4-8(6)9/h3-5H,1-2H3/t11-/m0/s1. The summed E-state index contributed by atoms with van der Waals surface area (Å²) in [6.45, 7) is 1.99. The Labute approximate surface area is 77.4 Å². The third-order valence-corrected chi connectivity index (χ3v) is 3.27. The minimum Gasteiger partial charge on any atom is -0.255 e. The number of rotatable bonds is 1. The maximum atomic E-state index is 11.0. The highest BCUT2D eigenvalue weighted by Crippen LogP contribution is 2.18. The number of halogens is 1. The Morgan fingerprint density at radius 3 is 2.55 bits per heavy atom. The SMILES string of the molecule is Cc1cc([S@](C)=O)ccc1Br. The lowest BCUT2D eigenvalue weighted by molar-refractivity contribution is 0.686. The second-order valence-electron chi connectivity index (χ2n) is 2.37. The van der Waals surface area contributed by atoms with Crippen molar-refractivity contribution in [1.82, 2.24) is 0 Å². The van der Waals surface area contributed by atoms with Gasteiger partial charge in [-0.3, -0.25) is 4.21 Å². The van der Waals surface area contributed by atoms with Crippen LogP contribution in [0.4, 0.5) is 0 Å². The van der Waals surface area contributed by atoms with E-state index < -0.39 is 10.8 Å². The zero-order valence-corrected chi connectivity index (χ0v) is 8.83. The average Bonchev–Trinajstić information content (AvgIpc) is 1.94. The van der Waals surface area contributed by atoms with Crippen molar-refractivity contribution in [2.75, 3.05) is 6.26 Å². The van der Waals surface area contributed by atoms with Crippen LogP contribution in [0.25, 0.3) is 0 Å². The van der Waals surface area contributed by atoms with Crippen molar-refractivity contribution in [1.29, 1.82) is 0 Å². The monoisotopic (exact) mass is 232 g/mol. The smallest absolute Gasteiger partial charge is 0.0498 e. The van der Waals surface area contributed by atoms with Gasteiger partial charge < -0.3 is 0 Å². The largest absolute Gasteiger partial charge is 0.255 e. The summed E-state index contributed by atoms with van der Waals surface area (Å²) in [6.07, 6.45) is 1.68. The third kappa shape index (κ3) is 2.14. The van der Waals surface area contributed by atoms with Crippen molar-refractivity contribution < 1.29 is 4.21 Å². The molecule has 0 amide bonds. The van der Waals surface area contributed by atoms with Gasteiger partial charge in [0.2, 0.25) is 0 Å². The molecule has 0 N–H and O–H groups in total. The Morgan fingerprint density at radius 1 is 1.45 bits per heavy atom. The van der Waals surface area contributed by atoms with Crippen molar-refractivity contribution in [2.24, 2.45) is 0 Å². The minimum atomic E-state index is -0.868. The maximum Gasteiger partial charge on any atom is 0.0498 e. The Bertz CT molecular complexity index is 296. The van der Waals surface area contributed by atoms with E-state index in [2.05, 4.69) is 15.9 Å². The summed E-state index contributed by atoms with van der Waals surface area (Å²) in [5, 5.41) is 0. The zero-order chi connectivity index (χ0) is 8.43. The van der Waals surface area contributed by atoms with Crippen LogP contribution in [0.5, 0.6) is 0 Å². The van der Waals surface area contributed by atoms with Crippen LogP contribution in [-0.4, -0.2) is 10.5 Å². The molecule has 1 nitrogen and oxygen atoms in total. The van der Waals surface area contributed by atoms with Gasteiger partial charge in [-0.2, -0.15) is 0 Å². The zero-order valence-electron chi connectivity index (χ0n) is 6.43. The third-order valence-electron chi connectivity index (χ3n) is 1.46. The molecule has 0 aromatic heterocycles. The Kier molecular flexibility index (Phi) is 2.84. The molecular weight excluding hydrogens is 224 g/mol. The molecule has 11 heavy (non-hydrogen) atoms. The lowest BCUT2D eigenvalue weighted by Gasteiger charge is -1.99. The van der Waals surface area contributed by atoms with Gasteiger partial charge in [-0.15, -0.1) is 0 Å². The molecule has 0 aliphatic rings. The van der Waals surface area contributed by atoms with Gasteiger partial charge in [0.15, 0.2) is 0 Å². The molecule has 1 aromatic carbocycles. The molecule has 0 bridgehead atoms. The average molecular weight is 233 g/mol. The molecule has 0 aliphatic heterocycles. The molecule has 1 aromatic rings. The van der Waals surface area contributed by atoms with Crippen molar-refractivity contribution in [2.45, 2.75) is 11.8 Å². The second kappa shape index (κ2) is 3.50. The van der Waals surface area contributed by atoms with Crippen LogP contribution < -0.4 is 0 Å². The first kappa shape index (κ1) is 8.94. The molecule has 0 fully saturated rings. The highest BCUT2D eigenvalue weighted by atomic mass is 79.9. The van der Waals surface area contributed by atoms with Gasteiger partial charge in [0.1, 0.15) is 0 Å². The summed E-state index contributed by atoms with van der Waals surface area (Å²) in [4.78, 5) is 0.880. The molecule has 0 unspecified atom stereocenters. The second-order valence-corrected chi connectivity index (χ2v) is 4.60. The Balaban J connectivity index is 3.15. The van der Waals surface area contributed by atoms with Gasteiger partial charge in [0, 0.05) is 26.4 Å². The fourth-order valence-corrected chi connectivity index (χ4v) is 1.65. The van der Waals surface area contributed by atoms with Crippen LogP contribution in [0.2, 0.25) is 0 Å². The van der Waals surface area contributed by atoms with E-state index in [1.54, 1.807) is 6.26 Å². The van der Waals surface area contributed by atoms with E-state index in [-0.39, 0.29) is 0 Å². The maximum absolute atomic E-state index is 11.0. The van der Waals surface area contributed by atoms with E-state index in [1.807, 2.05) is 25.1 Å². The summed E-state index contributed by atoms with van der Waals surface area (Å²) < 4.78 is 12.1. The van der Waals surface area contributed by atoms with Gasteiger partial charge in [-0.1, -0.05) is 15.9 Å². The number of aryl methyl sites for hydroxylation is 1. The van der Waals surface area contributed by atoms with Gasteiger partial charge >= 0.3 is 0 Å². The van der Waals surface area contributed by atoms with E-state index in [9.17, 15) is 4.21 Å². The first-order chi connectivity index (χ1) is 5.11. The van der Waals surface area contributed by atoms with Gasteiger partial charge in [0.25, 0.3) is 0 Å². The van der Waals surface area contributed by atoms with E-state index in [4.69, 9.17) is 0 Å². The Morgan fingerprint density at radius 2 is 2.09 bits per heavy atom. The Hall–Kier alpha value is -0.150. The molecule has 0 heterocycles. The van der Waals surface area contributed by atoms with Crippen molar-refractivity contribution >= 4 is 26.7 Å². The van der Waals surface area contributed by atoms with Crippen LogP contribution in [0.1, 0.15) is 5.56 Å². The van der Waals surface area contributed by atoms with Gasteiger partial charge in [-0.25, -0.2) is 0 Å². The van der Waals surface area contributed by atoms with E-state index in [0.29, 0.717) is 0 Å². The van der Waals surface area contributed by atoms with Crippen LogP contribution in [0, 0.1) is 6.92 Å². The fraction of sp³-hybridized carbons (Fsp3) is 0.250. The van der Waals surface area contributed by atoms with E-state index in [1.165, 1.54) is 0 Å². The fourth-order valence-electron chi connectivity index (χ4n) is 0.796. The first-order valence-electron chi connectivity index (χ1n) is 3.21. The van der Waals surface area contributed by atoms with Crippen LogP contribution >= 0.6 is 15.9 Å². The summed E-state index contributed by atoms with van der Waals surface area (Å²) in [6, 6.07) is 5.72. The predicted octanol–water partition coefficient (Wildman–Crippen LogP) is 2.49. The van der Waals surface area contributed by atoms with E-state index in [0.717, 1.165) is 14.9 Å². The summed E-state index contributed by atoms with van der Waals surface area (Å²) in [5.41, 5.74) is 1.12. The molecular formula is C8H9BrOS. The molecule has 0 spiro atoms. The molecule has 0 aliphatic carbocycles. The number of hydrogen-bond donors (Lipinski definition) is 0. The highest BCUT2D eigenvalue weighted by Gasteiger charge is 1.99. The van der Waals surface area contributed by atoms with Crippen LogP contribution in [-0.2, 0) is 10.8 Å². The molecule has 1 atom stereocenters. The van der Waals surface area contributed by atoms with E-state index >= 15 is 0 Å². The van der Waals surface area contributed by atoms with Gasteiger partial charge in [0.05, 0.1) is 0 Å². The molecule has 0 saturated carbocycles. The number of benzene rings is 1. The molecule has 0 saturated heterocycles.